The van der Waals surface area contributed by atoms with Gasteiger partial charge in [0.25, 0.3) is 0 Å². The molecule has 132 valence electrons. The molecule has 0 radical (unpaired) electrons. The second kappa shape index (κ2) is 8.54. The normalized spacial score (nSPS) is 15.1. The smallest absolute Gasteiger partial charge is 0.319 e. The van der Waals surface area contributed by atoms with Crippen molar-refractivity contribution in [2.24, 2.45) is 0 Å². The molecule has 0 aliphatic heterocycles. The van der Waals surface area contributed by atoms with E-state index in [1.165, 1.54) is 0 Å². The van der Waals surface area contributed by atoms with E-state index in [1.54, 1.807) is 38.4 Å². The van der Waals surface area contributed by atoms with Gasteiger partial charge in [0.15, 0.2) is 0 Å². The van der Waals surface area contributed by atoms with Crippen LogP contribution in [-0.4, -0.2) is 44.8 Å². The molecular weight excluding hydrogens is 310 g/mol. The summed E-state index contributed by atoms with van der Waals surface area (Å²) in [6.45, 7) is 0.838. The van der Waals surface area contributed by atoms with E-state index in [0.29, 0.717) is 31.1 Å². The van der Waals surface area contributed by atoms with Gasteiger partial charge in [0.05, 0.1) is 25.2 Å². The monoisotopic (exact) mass is 335 g/mol. The first-order valence-corrected chi connectivity index (χ1v) is 8.08. The second-order valence-electron chi connectivity index (χ2n) is 5.94. The van der Waals surface area contributed by atoms with E-state index in [4.69, 9.17) is 9.47 Å². The first-order chi connectivity index (χ1) is 11.6. The molecule has 0 bridgehead atoms. The molecular formula is C17H25N3O4. The Morgan fingerprint density at radius 3 is 2.46 bits per heavy atom. The molecule has 1 aromatic rings. The molecule has 7 heteroatoms. The van der Waals surface area contributed by atoms with E-state index in [0.717, 1.165) is 19.3 Å². The zero-order valence-corrected chi connectivity index (χ0v) is 14.2. The number of urea groups is 1. The maximum atomic E-state index is 12.1. The van der Waals surface area contributed by atoms with Gasteiger partial charge in [-0.25, -0.2) is 4.79 Å². The van der Waals surface area contributed by atoms with E-state index in [9.17, 15) is 9.59 Å². The van der Waals surface area contributed by atoms with Crippen molar-refractivity contribution in [1.29, 1.82) is 0 Å². The fourth-order valence-electron chi connectivity index (χ4n) is 2.61. The zero-order chi connectivity index (χ0) is 17.4. The Bertz CT molecular complexity index is 555. The van der Waals surface area contributed by atoms with Crippen LogP contribution in [-0.2, 0) is 9.53 Å². The Morgan fingerprint density at radius 2 is 1.92 bits per heavy atom. The highest BCUT2D eigenvalue weighted by Crippen LogP contribution is 2.32. The van der Waals surface area contributed by atoms with Gasteiger partial charge >= 0.3 is 6.03 Å². The van der Waals surface area contributed by atoms with Crippen LogP contribution in [0, 0.1) is 0 Å². The van der Waals surface area contributed by atoms with Crippen LogP contribution in [0.15, 0.2) is 24.3 Å². The van der Waals surface area contributed by atoms with Gasteiger partial charge in [-0.15, -0.1) is 0 Å². The molecule has 3 N–H and O–H groups in total. The SMILES string of the molecule is CNC(=O)CCOc1ccc(NC(=O)NC2(COC)CCC2)cc1. The lowest BCUT2D eigenvalue weighted by atomic mass is 9.77. The maximum absolute atomic E-state index is 12.1. The summed E-state index contributed by atoms with van der Waals surface area (Å²) in [4.78, 5) is 23.2. The highest BCUT2D eigenvalue weighted by molar-refractivity contribution is 5.89. The molecule has 7 nitrogen and oxygen atoms in total. The lowest BCUT2D eigenvalue weighted by Crippen LogP contribution is -2.57. The van der Waals surface area contributed by atoms with Crippen molar-refractivity contribution in [3.8, 4) is 5.75 Å². The van der Waals surface area contributed by atoms with Gasteiger partial charge in [0, 0.05) is 19.8 Å². The number of hydrogen-bond donors (Lipinski definition) is 3. The van der Waals surface area contributed by atoms with Crippen LogP contribution < -0.4 is 20.7 Å². The third-order valence-electron chi connectivity index (χ3n) is 4.10. The van der Waals surface area contributed by atoms with Crippen molar-refractivity contribution in [3.63, 3.8) is 0 Å². The Morgan fingerprint density at radius 1 is 1.21 bits per heavy atom. The standard InChI is InChI=1S/C17H25N3O4/c1-18-15(21)8-11-24-14-6-4-13(5-7-14)19-16(22)20-17(12-23-2)9-3-10-17/h4-7H,3,8-12H2,1-2H3,(H,18,21)(H2,19,20,22). The summed E-state index contributed by atoms with van der Waals surface area (Å²) in [7, 11) is 3.23. The van der Waals surface area contributed by atoms with Crippen LogP contribution in [0.2, 0.25) is 0 Å². The Hall–Kier alpha value is -2.28. The quantitative estimate of drug-likeness (QED) is 0.677. The number of rotatable bonds is 8. The lowest BCUT2D eigenvalue weighted by Gasteiger charge is -2.41. The zero-order valence-electron chi connectivity index (χ0n) is 14.2. The minimum Gasteiger partial charge on any atom is -0.493 e. The Labute approximate surface area is 142 Å². The number of methoxy groups -OCH3 is 1. The van der Waals surface area contributed by atoms with Crippen molar-refractivity contribution in [2.75, 3.05) is 32.7 Å². The molecule has 2 rings (SSSR count). The van der Waals surface area contributed by atoms with Gasteiger partial charge in [-0.1, -0.05) is 0 Å². The van der Waals surface area contributed by atoms with Crippen molar-refractivity contribution in [2.45, 2.75) is 31.2 Å². The maximum Gasteiger partial charge on any atom is 0.319 e. The highest BCUT2D eigenvalue weighted by atomic mass is 16.5. The summed E-state index contributed by atoms with van der Waals surface area (Å²) < 4.78 is 10.7. The minimum absolute atomic E-state index is 0.0639. The van der Waals surface area contributed by atoms with Gasteiger partial charge in [-0.2, -0.15) is 0 Å². The lowest BCUT2D eigenvalue weighted by molar-refractivity contribution is -0.121. The molecule has 1 saturated carbocycles. The predicted octanol–water partition coefficient (Wildman–Crippen LogP) is 1.89. The van der Waals surface area contributed by atoms with Crippen LogP contribution in [0.3, 0.4) is 0 Å². The average Bonchev–Trinajstić information content (AvgIpc) is 2.54. The van der Waals surface area contributed by atoms with E-state index in [-0.39, 0.29) is 17.5 Å². The average molecular weight is 335 g/mol. The van der Waals surface area contributed by atoms with Crippen LogP contribution >= 0.6 is 0 Å². The van der Waals surface area contributed by atoms with Crippen molar-refractivity contribution in [3.05, 3.63) is 24.3 Å². The summed E-state index contributed by atoms with van der Waals surface area (Å²) in [5.74, 6) is 0.589. The number of hydrogen-bond acceptors (Lipinski definition) is 4. The van der Waals surface area contributed by atoms with Crippen molar-refractivity contribution >= 4 is 17.6 Å². The van der Waals surface area contributed by atoms with E-state index < -0.39 is 0 Å². The minimum atomic E-state index is -0.236. The van der Waals surface area contributed by atoms with Gasteiger partial charge in [0.2, 0.25) is 5.91 Å². The number of amides is 3. The van der Waals surface area contributed by atoms with Crippen LogP contribution in [0.4, 0.5) is 10.5 Å². The number of carbonyl (C=O) groups is 2. The van der Waals surface area contributed by atoms with Crippen molar-refractivity contribution < 1.29 is 19.1 Å². The summed E-state index contributed by atoms with van der Waals surface area (Å²) in [5.41, 5.74) is 0.444. The van der Waals surface area contributed by atoms with Gasteiger partial charge in [0.1, 0.15) is 5.75 Å². The summed E-state index contributed by atoms with van der Waals surface area (Å²) in [6.07, 6.45) is 3.28. The molecule has 24 heavy (non-hydrogen) atoms. The Kier molecular flexibility index (Phi) is 6.43. The summed E-state index contributed by atoms with van der Waals surface area (Å²) >= 11 is 0. The molecule has 0 spiro atoms. The molecule has 1 aromatic carbocycles. The fourth-order valence-corrected chi connectivity index (χ4v) is 2.61. The number of benzene rings is 1. The van der Waals surface area contributed by atoms with Gasteiger partial charge in [-0.3, -0.25) is 4.79 Å². The number of anilines is 1. The highest BCUT2D eigenvalue weighted by Gasteiger charge is 2.38. The van der Waals surface area contributed by atoms with Crippen LogP contribution in [0.25, 0.3) is 0 Å². The number of carbonyl (C=O) groups excluding carboxylic acids is 2. The van der Waals surface area contributed by atoms with E-state index in [2.05, 4.69) is 16.0 Å². The number of nitrogens with one attached hydrogen (secondary N) is 3. The van der Waals surface area contributed by atoms with Crippen LogP contribution in [0.1, 0.15) is 25.7 Å². The first-order valence-electron chi connectivity index (χ1n) is 8.08. The van der Waals surface area contributed by atoms with Gasteiger partial charge in [-0.05, 0) is 43.5 Å². The van der Waals surface area contributed by atoms with E-state index >= 15 is 0 Å². The molecule has 0 aromatic heterocycles. The van der Waals surface area contributed by atoms with Gasteiger partial charge < -0.3 is 25.4 Å². The molecule has 3 amide bonds. The largest absolute Gasteiger partial charge is 0.493 e. The third kappa shape index (κ3) is 5.13. The molecule has 0 heterocycles. The molecule has 0 atom stereocenters. The molecule has 1 aliphatic carbocycles. The van der Waals surface area contributed by atoms with E-state index in [1.807, 2.05) is 0 Å². The Balaban J connectivity index is 1.78. The molecule has 1 aliphatic rings. The number of ether oxygens (including phenoxy) is 2. The van der Waals surface area contributed by atoms with Crippen molar-refractivity contribution in [1.82, 2.24) is 10.6 Å². The summed E-state index contributed by atoms with van der Waals surface area (Å²) in [5, 5.41) is 8.34. The van der Waals surface area contributed by atoms with Crippen LogP contribution in [0.5, 0.6) is 5.75 Å². The third-order valence-corrected chi connectivity index (χ3v) is 4.10. The predicted molar refractivity (Wildman–Crippen MR) is 91.2 cm³/mol. The first kappa shape index (κ1) is 18.1. The second-order valence-corrected chi connectivity index (χ2v) is 5.94. The molecule has 0 unspecified atom stereocenters. The fraction of sp³-hybridized carbons (Fsp3) is 0.529. The molecule has 0 saturated heterocycles. The topological polar surface area (TPSA) is 88.7 Å². The molecule has 1 fully saturated rings. The summed E-state index contributed by atoms with van der Waals surface area (Å²) in [6, 6.07) is 6.80.